The van der Waals surface area contributed by atoms with Crippen molar-refractivity contribution in [1.82, 2.24) is 4.72 Å². The van der Waals surface area contributed by atoms with Crippen molar-refractivity contribution in [1.29, 1.82) is 0 Å². The third kappa shape index (κ3) is 5.71. The van der Waals surface area contributed by atoms with Gasteiger partial charge in [0.2, 0.25) is 10.0 Å². The average Bonchev–Trinajstić information content (AvgIpc) is 2.60. The van der Waals surface area contributed by atoms with Gasteiger partial charge in [-0.1, -0.05) is 51.1 Å². The first kappa shape index (κ1) is 21.2. The molecule has 2 aromatic carbocycles. The van der Waals surface area contributed by atoms with Crippen LogP contribution >= 0.6 is 0 Å². The number of hydrogen-bond acceptors (Lipinski definition) is 3. The number of nitrogens with one attached hydrogen (secondary N) is 1. The van der Waals surface area contributed by atoms with Crippen LogP contribution in [0.5, 0.6) is 5.75 Å². The first-order valence-electron chi connectivity index (χ1n) is 8.38. The second kappa shape index (κ2) is 7.90. The number of benzene rings is 2. The van der Waals surface area contributed by atoms with E-state index in [1.54, 1.807) is 12.1 Å². The minimum atomic E-state index is -4.85. The Morgan fingerprint density at radius 1 is 1.00 bits per heavy atom. The van der Waals surface area contributed by atoms with Crippen LogP contribution in [-0.2, 0) is 22.0 Å². The molecule has 0 fully saturated rings. The molecule has 0 saturated heterocycles. The molecule has 0 aliphatic rings. The fourth-order valence-electron chi connectivity index (χ4n) is 2.42. The summed E-state index contributed by atoms with van der Waals surface area (Å²) in [7, 11) is -3.87. The molecule has 0 aromatic heterocycles. The highest BCUT2D eigenvalue weighted by Gasteiger charge is 2.32. The molecule has 0 heterocycles. The molecule has 2 rings (SSSR count). The molecule has 27 heavy (non-hydrogen) atoms. The van der Waals surface area contributed by atoms with Crippen molar-refractivity contribution >= 4 is 10.0 Å². The van der Waals surface area contributed by atoms with Crippen molar-refractivity contribution in [2.75, 3.05) is 0 Å². The number of hydrogen-bond donors (Lipinski definition) is 1. The first-order valence-corrected chi connectivity index (χ1v) is 9.87. The van der Waals surface area contributed by atoms with Crippen molar-refractivity contribution in [3.05, 3.63) is 59.7 Å². The van der Waals surface area contributed by atoms with Crippen LogP contribution in [0.25, 0.3) is 0 Å². The van der Waals surface area contributed by atoms with Gasteiger partial charge in [-0.25, -0.2) is 13.1 Å². The molecule has 0 aliphatic carbocycles. The van der Waals surface area contributed by atoms with Crippen molar-refractivity contribution in [2.24, 2.45) is 0 Å². The molecule has 0 radical (unpaired) electrons. The van der Waals surface area contributed by atoms with Gasteiger partial charge in [-0.05, 0) is 35.6 Å². The molecule has 0 atom stereocenters. The Balaban J connectivity index is 2.16. The molecule has 8 heteroatoms. The van der Waals surface area contributed by atoms with Crippen LogP contribution in [0.2, 0.25) is 0 Å². The third-order valence-electron chi connectivity index (χ3n) is 4.48. The van der Waals surface area contributed by atoms with Crippen LogP contribution in [0.4, 0.5) is 13.2 Å². The van der Waals surface area contributed by atoms with Gasteiger partial charge < -0.3 is 4.74 Å². The minimum Gasteiger partial charge on any atom is -0.405 e. The number of rotatable bonds is 7. The van der Waals surface area contributed by atoms with Crippen LogP contribution in [0.1, 0.15) is 38.3 Å². The average molecular weight is 401 g/mol. The van der Waals surface area contributed by atoms with Crippen LogP contribution in [0, 0.1) is 0 Å². The molecular formula is C19H22F3NO3S. The van der Waals surface area contributed by atoms with Crippen molar-refractivity contribution in [3.8, 4) is 5.75 Å². The van der Waals surface area contributed by atoms with Crippen molar-refractivity contribution in [2.45, 2.75) is 50.4 Å². The maximum absolute atomic E-state index is 12.5. The topological polar surface area (TPSA) is 55.4 Å². The number of ether oxygens (including phenoxy) is 1. The highest BCUT2D eigenvalue weighted by atomic mass is 32.2. The fourth-order valence-corrected chi connectivity index (χ4v) is 3.43. The van der Waals surface area contributed by atoms with Gasteiger partial charge in [0.25, 0.3) is 0 Å². The predicted molar refractivity (Wildman–Crippen MR) is 96.9 cm³/mol. The monoisotopic (exact) mass is 401 g/mol. The van der Waals surface area contributed by atoms with Gasteiger partial charge in [-0.15, -0.1) is 13.2 Å². The lowest BCUT2D eigenvalue weighted by molar-refractivity contribution is -0.274. The lowest BCUT2D eigenvalue weighted by Crippen LogP contribution is -2.25. The molecular weight excluding hydrogens is 379 g/mol. The molecule has 0 saturated carbocycles. The zero-order chi connectivity index (χ0) is 20.3. The van der Waals surface area contributed by atoms with Gasteiger partial charge in [0.15, 0.2) is 0 Å². The molecule has 0 bridgehead atoms. The predicted octanol–water partition coefficient (Wildman–Crippen LogP) is 4.75. The summed E-state index contributed by atoms with van der Waals surface area (Å²) < 4.78 is 68.6. The smallest absolute Gasteiger partial charge is 0.405 e. The molecule has 0 aliphatic heterocycles. The Hall–Kier alpha value is -2.06. The molecule has 0 spiro atoms. The number of alkyl halides is 3. The summed E-state index contributed by atoms with van der Waals surface area (Å²) in [6, 6.07) is 11.9. The summed E-state index contributed by atoms with van der Waals surface area (Å²) in [5.74, 6) is -0.437. The maximum atomic E-state index is 12.5. The van der Waals surface area contributed by atoms with Gasteiger partial charge in [-0.2, -0.15) is 0 Å². The third-order valence-corrected chi connectivity index (χ3v) is 5.90. The van der Waals surface area contributed by atoms with Gasteiger partial charge in [0.05, 0.1) is 4.90 Å². The summed E-state index contributed by atoms with van der Waals surface area (Å²) in [5.41, 5.74) is 1.01. The van der Waals surface area contributed by atoms with Gasteiger partial charge in [0.1, 0.15) is 5.75 Å². The minimum absolute atomic E-state index is 0.0485. The molecule has 0 unspecified atom stereocenters. The van der Waals surface area contributed by atoms with E-state index in [-0.39, 0.29) is 22.4 Å². The fraction of sp³-hybridized carbons (Fsp3) is 0.368. The standard InChI is InChI=1S/C19H22F3NO3S/c1-4-18(2,3)15-9-11-16(12-10-15)27(24,25)23-13-14-7-5-6-8-17(14)26-19(20,21)22/h5-12,23H,4,13H2,1-3H3. The van der Waals surface area contributed by atoms with Gasteiger partial charge in [-0.3, -0.25) is 0 Å². The lowest BCUT2D eigenvalue weighted by atomic mass is 9.82. The Morgan fingerprint density at radius 2 is 1.59 bits per heavy atom. The summed E-state index contributed by atoms with van der Waals surface area (Å²) in [6.07, 6.45) is -3.95. The van der Waals surface area contributed by atoms with Gasteiger partial charge in [0, 0.05) is 12.1 Å². The summed E-state index contributed by atoms with van der Waals surface area (Å²) in [4.78, 5) is 0.0485. The Bertz CT molecular complexity index is 876. The molecule has 0 amide bonds. The van der Waals surface area contributed by atoms with E-state index in [1.165, 1.54) is 30.3 Å². The van der Waals surface area contributed by atoms with E-state index in [0.717, 1.165) is 18.1 Å². The zero-order valence-electron chi connectivity index (χ0n) is 15.3. The summed E-state index contributed by atoms with van der Waals surface area (Å²) >= 11 is 0. The van der Waals surface area contributed by atoms with Crippen molar-refractivity contribution < 1.29 is 26.3 Å². The van der Waals surface area contributed by atoms with Crippen LogP contribution < -0.4 is 9.46 Å². The second-order valence-corrected chi connectivity index (χ2v) is 8.51. The lowest BCUT2D eigenvalue weighted by Gasteiger charge is -2.23. The largest absolute Gasteiger partial charge is 0.573 e. The van der Waals surface area contributed by atoms with Crippen LogP contribution in [-0.4, -0.2) is 14.8 Å². The zero-order valence-corrected chi connectivity index (χ0v) is 16.1. The molecule has 4 nitrogen and oxygen atoms in total. The quantitative estimate of drug-likeness (QED) is 0.728. The molecule has 148 valence electrons. The highest BCUT2D eigenvalue weighted by molar-refractivity contribution is 7.89. The van der Waals surface area contributed by atoms with E-state index < -0.39 is 22.1 Å². The maximum Gasteiger partial charge on any atom is 0.573 e. The van der Waals surface area contributed by atoms with E-state index in [0.29, 0.717) is 0 Å². The van der Waals surface area contributed by atoms with E-state index in [4.69, 9.17) is 0 Å². The normalized spacial score (nSPS) is 12.8. The van der Waals surface area contributed by atoms with E-state index in [9.17, 15) is 21.6 Å². The van der Waals surface area contributed by atoms with Crippen LogP contribution in [0.15, 0.2) is 53.4 Å². The summed E-state index contributed by atoms with van der Waals surface area (Å²) in [6.45, 7) is 5.85. The highest BCUT2D eigenvalue weighted by Crippen LogP contribution is 2.28. The molecule has 2 aromatic rings. The Kier molecular flexibility index (Phi) is 6.21. The van der Waals surface area contributed by atoms with E-state index >= 15 is 0 Å². The van der Waals surface area contributed by atoms with Crippen LogP contribution in [0.3, 0.4) is 0 Å². The second-order valence-electron chi connectivity index (χ2n) is 6.74. The van der Waals surface area contributed by atoms with E-state index in [2.05, 4.69) is 23.3 Å². The Morgan fingerprint density at radius 3 is 2.15 bits per heavy atom. The first-order chi connectivity index (χ1) is 12.4. The summed E-state index contributed by atoms with van der Waals surface area (Å²) in [5, 5.41) is 0. The van der Waals surface area contributed by atoms with Gasteiger partial charge >= 0.3 is 6.36 Å². The SMILES string of the molecule is CCC(C)(C)c1ccc(S(=O)(=O)NCc2ccccc2OC(F)(F)F)cc1. The number of sulfonamides is 1. The molecule has 1 N–H and O–H groups in total. The van der Waals surface area contributed by atoms with Crippen molar-refractivity contribution in [3.63, 3.8) is 0 Å². The number of halogens is 3. The number of para-hydroxylation sites is 1. The Labute approximate surface area is 157 Å². The van der Waals surface area contributed by atoms with E-state index in [1.807, 2.05) is 6.92 Å².